The highest BCUT2D eigenvalue weighted by molar-refractivity contribution is 7.80. The molecule has 0 spiro atoms. The van der Waals surface area contributed by atoms with Gasteiger partial charge in [-0.2, -0.15) is 0 Å². The monoisotopic (exact) mass is 362 g/mol. The number of amides is 1. The molecule has 0 aromatic heterocycles. The van der Waals surface area contributed by atoms with Gasteiger partial charge in [-0.05, 0) is 55.0 Å². The fraction of sp³-hybridized carbons (Fsp3) is 0.176. The van der Waals surface area contributed by atoms with Gasteiger partial charge < -0.3 is 15.8 Å². The zero-order chi connectivity index (χ0) is 18.4. The normalized spacial score (nSPS) is 11.3. The summed E-state index contributed by atoms with van der Waals surface area (Å²) >= 11 is 5.15. The number of ether oxygens (including phenoxy) is 1. The number of hydrazine groups is 1. The maximum absolute atomic E-state index is 13.1. The van der Waals surface area contributed by atoms with E-state index in [2.05, 4.69) is 16.2 Å². The first kappa shape index (κ1) is 18.5. The van der Waals surface area contributed by atoms with Gasteiger partial charge in [0.05, 0.1) is 18.8 Å². The largest absolute Gasteiger partial charge is 0.497 e. The van der Waals surface area contributed by atoms with Gasteiger partial charge >= 0.3 is 0 Å². The standard InChI is InChI=1S/C17H19FN4O2S/c1-10(11-4-3-5-13(8-11)24-2)20-17(25)22-21-16(23)12-6-7-14(18)15(19)9-12/h3-10H,19H2,1-2H3,(H,21,23)(H2,20,22,25)/t10-/m1/s1. The number of methoxy groups -OCH3 is 1. The molecule has 2 rings (SSSR count). The molecular weight excluding hydrogens is 343 g/mol. The van der Waals surface area contributed by atoms with Crippen molar-refractivity contribution in [2.75, 3.05) is 12.8 Å². The predicted octanol–water partition coefficient (Wildman–Crippen LogP) is 2.29. The Labute approximate surface area is 150 Å². The summed E-state index contributed by atoms with van der Waals surface area (Å²) in [6.07, 6.45) is 0. The van der Waals surface area contributed by atoms with Gasteiger partial charge in [0.25, 0.3) is 5.91 Å². The van der Waals surface area contributed by atoms with Crippen molar-refractivity contribution >= 4 is 28.9 Å². The van der Waals surface area contributed by atoms with Crippen LogP contribution < -0.4 is 26.6 Å². The molecule has 0 unspecified atom stereocenters. The van der Waals surface area contributed by atoms with Crippen molar-refractivity contribution in [2.24, 2.45) is 0 Å². The number of nitrogens with two attached hydrogens (primary N) is 1. The molecule has 2 aromatic carbocycles. The van der Waals surface area contributed by atoms with Crippen LogP contribution in [0.1, 0.15) is 28.9 Å². The molecule has 5 N–H and O–H groups in total. The molecule has 132 valence electrons. The van der Waals surface area contributed by atoms with E-state index in [1.807, 2.05) is 31.2 Å². The number of nitrogens with one attached hydrogen (secondary N) is 3. The molecule has 0 radical (unpaired) electrons. The number of rotatable bonds is 4. The number of hydrogen-bond donors (Lipinski definition) is 4. The van der Waals surface area contributed by atoms with Crippen LogP contribution in [-0.2, 0) is 0 Å². The smallest absolute Gasteiger partial charge is 0.269 e. The molecule has 0 bridgehead atoms. The molecule has 0 saturated heterocycles. The third-order valence-electron chi connectivity index (χ3n) is 3.49. The van der Waals surface area contributed by atoms with E-state index in [0.29, 0.717) is 0 Å². The summed E-state index contributed by atoms with van der Waals surface area (Å²) in [5.41, 5.74) is 11.6. The van der Waals surface area contributed by atoms with Crippen LogP contribution in [0.3, 0.4) is 0 Å². The minimum Gasteiger partial charge on any atom is -0.497 e. The summed E-state index contributed by atoms with van der Waals surface area (Å²) in [4.78, 5) is 12.0. The molecule has 8 heteroatoms. The van der Waals surface area contributed by atoms with Crippen molar-refractivity contribution in [3.05, 3.63) is 59.4 Å². The highest BCUT2D eigenvalue weighted by Crippen LogP contribution is 2.18. The summed E-state index contributed by atoms with van der Waals surface area (Å²) in [6.45, 7) is 1.92. The Hall–Kier alpha value is -2.87. The molecule has 0 saturated carbocycles. The van der Waals surface area contributed by atoms with E-state index in [0.717, 1.165) is 17.4 Å². The number of carbonyl (C=O) groups is 1. The van der Waals surface area contributed by atoms with Crippen molar-refractivity contribution < 1.29 is 13.9 Å². The zero-order valence-corrected chi connectivity index (χ0v) is 14.6. The van der Waals surface area contributed by atoms with Crippen molar-refractivity contribution in [1.82, 2.24) is 16.2 Å². The number of nitrogen functional groups attached to an aromatic ring is 1. The van der Waals surface area contributed by atoms with Crippen LogP contribution in [0, 0.1) is 5.82 Å². The van der Waals surface area contributed by atoms with Gasteiger partial charge in [0.2, 0.25) is 0 Å². The number of anilines is 1. The summed E-state index contributed by atoms with van der Waals surface area (Å²) in [5, 5.41) is 3.28. The average molecular weight is 362 g/mol. The van der Waals surface area contributed by atoms with Crippen molar-refractivity contribution in [3.8, 4) is 5.75 Å². The molecule has 2 aromatic rings. The third-order valence-corrected chi connectivity index (χ3v) is 3.71. The molecule has 0 heterocycles. The number of carbonyl (C=O) groups excluding carboxylic acids is 1. The van der Waals surface area contributed by atoms with E-state index < -0.39 is 11.7 Å². The Kier molecular flexibility index (Phi) is 6.13. The van der Waals surface area contributed by atoms with Crippen LogP contribution in [0.5, 0.6) is 5.75 Å². The highest BCUT2D eigenvalue weighted by atomic mass is 32.1. The molecule has 0 aliphatic rings. The third kappa shape index (κ3) is 5.05. The van der Waals surface area contributed by atoms with Gasteiger partial charge in [-0.1, -0.05) is 12.1 Å². The fourth-order valence-corrected chi connectivity index (χ4v) is 2.33. The number of halogens is 1. The Morgan fingerprint density at radius 2 is 2.00 bits per heavy atom. The maximum atomic E-state index is 13.1. The quantitative estimate of drug-likeness (QED) is 0.379. The minimum absolute atomic E-state index is 0.0972. The summed E-state index contributed by atoms with van der Waals surface area (Å²) in [6, 6.07) is 11.2. The second-order valence-corrected chi connectivity index (χ2v) is 5.70. The topological polar surface area (TPSA) is 88.4 Å². The first-order chi connectivity index (χ1) is 11.9. The first-order valence-electron chi connectivity index (χ1n) is 7.46. The predicted molar refractivity (Wildman–Crippen MR) is 98.6 cm³/mol. The molecule has 1 amide bonds. The lowest BCUT2D eigenvalue weighted by atomic mass is 10.1. The van der Waals surface area contributed by atoms with Gasteiger partial charge in [-0.3, -0.25) is 15.6 Å². The van der Waals surface area contributed by atoms with Crippen molar-refractivity contribution in [3.63, 3.8) is 0 Å². The number of thiocarbonyl (C=S) groups is 1. The SMILES string of the molecule is COc1cccc([C@@H](C)NC(=S)NNC(=O)c2ccc(F)c(N)c2)c1. The number of benzene rings is 2. The second-order valence-electron chi connectivity index (χ2n) is 5.29. The molecular formula is C17H19FN4O2S. The Morgan fingerprint density at radius 3 is 2.68 bits per heavy atom. The lowest BCUT2D eigenvalue weighted by molar-refractivity contribution is 0.0943. The van der Waals surface area contributed by atoms with Gasteiger partial charge in [0, 0.05) is 5.56 Å². The number of hydrogen-bond acceptors (Lipinski definition) is 4. The van der Waals surface area contributed by atoms with E-state index in [1.165, 1.54) is 12.1 Å². The van der Waals surface area contributed by atoms with E-state index in [9.17, 15) is 9.18 Å². The molecule has 1 atom stereocenters. The maximum Gasteiger partial charge on any atom is 0.269 e. The van der Waals surface area contributed by atoms with Crippen LogP contribution >= 0.6 is 12.2 Å². The highest BCUT2D eigenvalue weighted by Gasteiger charge is 2.11. The van der Waals surface area contributed by atoms with E-state index in [4.69, 9.17) is 22.7 Å². The first-order valence-corrected chi connectivity index (χ1v) is 7.87. The summed E-state index contributed by atoms with van der Waals surface area (Å²) in [7, 11) is 1.60. The molecule has 0 aliphatic carbocycles. The molecule has 6 nitrogen and oxygen atoms in total. The van der Waals surface area contributed by atoms with Gasteiger partial charge in [-0.25, -0.2) is 4.39 Å². The fourth-order valence-electron chi connectivity index (χ4n) is 2.10. The lowest BCUT2D eigenvalue weighted by Gasteiger charge is -2.18. The second kappa shape index (κ2) is 8.29. The van der Waals surface area contributed by atoms with E-state index in [-0.39, 0.29) is 22.4 Å². The van der Waals surface area contributed by atoms with Crippen LogP contribution in [0.25, 0.3) is 0 Å². The summed E-state index contributed by atoms with van der Waals surface area (Å²) < 4.78 is 18.3. The van der Waals surface area contributed by atoms with Crippen LogP contribution in [0.15, 0.2) is 42.5 Å². The Balaban J connectivity index is 1.89. The molecule has 0 fully saturated rings. The van der Waals surface area contributed by atoms with Crippen LogP contribution in [0.4, 0.5) is 10.1 Å². The molecule has 0 aliphatic heterocycles. The van der Waals surface area contributed by atoms with Crippen molar-refractivity contribution in [2.45, 2.75) is 13.0 Å². The summed E-state index contributed by atoms with van der Waals surface area (Å²) in [5.74, 6) is -0.314. The van der Waals surface area contributed by atoms with Gasteiger partial charge in [0.1, 0.15) is 11.6 Å². The van der Waals surface area contributed by atoms with Gasteiger partial charge in [0.15, 0.2) is 5.11 Å². The minimum atomic E-state index is -0.575. The lowest BCUT2D eigenvalue weighted by Crippen LogP contribution is -2.47. The van der Waals surface area contributed by atoms with Crippen LogP contribution in [-0.4, -0.2) is 18.1 Å². The van der Waals surface area contributed by atoms with E-state index >= 15 is 0 Å². The Bertz CT molecular complexity index is 785. The Morgan fingerprint density at radius 1 is 1.24 bits per heavy atom. The van der Waals surface area contributed by atoms with Gasteiger partial charge in [-0.15, -0.1) is 0 Å². The van der Waals surface area contributed by atoms with E-state index in [1.54, 1.807) is 7.11 Å². The average Bonchev–Trinajstić information content (AvgIpc) is 2.62. The van der Waals surface area contributed by atoms with Crippen LogP contribution in [0.2, 0.25) is 0 Å². The zero-order valence-electron chi connectivity index (χ0n) is 13.8. The molecule has 25 heavy (non-hydrogen) atoms. The van der Waals surface area contributed by atoms with Crippen molar-refractivity contribution in [1.29, 1.82) is 0 Å².